The van der Waals surface area contributed by atoms with Crippen LogP contribution in [0.15, 0.2) is 11.6 Å². The van der Waals surface area contributed by atoms with E-state index in [0.29, 0.717) is 12.8 Å². The molecule has 0 aromatic heterocycles. The van der Waals surface area contributed by atoms with Crippen molar-refractivity contribution in [3.63, 3.8) is 0 Å². The van der Waals surface area contributed by atoms with E-state index in [1.807, 2.05) is 13.8 Å². The number of carbonyl (C=O) groups is 2. The zero-order valence-corrected chi connectivity index (χ0v) is 14.0. The van der Waals surface area contributed by atoms with Gasteiger partial charge in [-0.2, -0.15) is 0 Å². The fourth-order valence-corrected chi connectivity index (χ4v) is 6.31. The van der Waals surface area contributed by atoms with Gasteiger partial charge in [0.2, 0.25) is 0 Å². The number of fused-ring (bicyclic) bond motifs is 5. The van der Waals surface area contributed by atoms with E-state index in [9.17, 15) is 19.8 Å². The van der Waals surface area contributed by atoms with Crippen molar-refractivity contribution in [3.05, 3.63) is 11.6 Å². The van der Waals surface area contributed by atoms with E-state index in [2.05, 4.69) is 0 Å². The summed E-state index contributed by atoms with van der Waals surface area (Å²) in [6.45, 7) is 3.99. The van der Waals surface area contributed by atoms with Crippen LogP contribution in [0.3, 0.4) is 0 Å². The molecule has 0 amide bonds. The molecule has 6 atom stereocenters. The van der Waals surface area contributed by atoms with Gasteiger partial charge in [-0.25, -0.2) is 0 Å². The smallest absolute Gasteiger partial charge is 0.166 e. The molecular weight excluding hydrogens is 292 g/mol. The molecule has 23 heavy (non-hydrogen) atoms. The first kappa shape index (κ1) is 15.5. The number of aliphatic hydroxyl groups is 2. The van der Waals surface area contributed by atoms with E-state index >= 15 is 0 Å². The molecule has 4 heteroatoms. The number of hydrogen-bond donors (Lipinski definition) is 2. The number of rotatable bonds is 0. The number of aliphatic hydroxyl groups excluding tert-OH is 1. The first-order chi connectivity index (χ1) is 10.7. The molecule has 0 unspecified atom stereocenters. The average Bonchev–Trinajstić information content (AvgIpc) is 2.77. The molecule has 0 saturated heterocycles. The molecule has 0 aliphatic heterocycles. The molecule has 0 radical (unpaired) electrons. The van der Waals surface area contributed by atoms with Gasteiger partial charge in [0.1, 0.15) is 5.60 Å². The molecule has 0 aromatic rings. The van der Waals surface area contributed by atoms with Crippen molar-refractivity contribution in [1.82, 2.24) is 0 Å². The molecule has 2 N–H and O–H groups in total. The Balaban J connectivity index is 1.83. The lowest BCUT2D eigenvalue weighted by Gasteiger charge is -2.61. The summed E-state index contributed by atoms with van der Waals surface area (Å²) in [5.41, 5.74) is -1.42. The lowest BCUT2D eigenvalue weighted by molar-refractivity contribution is -0.198. The van der Waals surface area contributed by atoms with Gasteiger partial charge in [-0.15, -0.1) is 0 Å². The van der Waals surface area contributed by atoms with Crippen molar-refractivity contribution >= 4 is 11.6 Å². The van der Waals surface area contributed by atoms with E-state index in [-0.39, 0.29) is 29.8 Å². The molecule has 0 heterocycles. The molecule has 0 bridgehead atoms. The number of Topliss-reactive ketones (excluding diaryl/α,β-unsaturated/α-hetero) is 1. The van der Waals surface area contributed by atoms with Gasteiger partial charge in [-0.3, -0.25) is 9.59 Å². The second-order valence-corrected chi connectivity index (χ2v) is 8.68. The summed E-state index contributed by atoms with van der Waals surface area (Å²) < 4.78 is 0. The van der Waals surface area contributed by atoms with Crippen molar-refractivity contribution in [2.45, 2.75) is 70.5 Å². The third kappa shape index (κ3) is 1.69. The molecule has 4 nitrogen and oxygen atoms in total. The maximum atomic E-state index is 13.1. The van der Waals surface area contributed by atoms with E-state index in [4.69, 9.17) is 0 Å². The summed E-state index contributed by atoms with van der Waals surface area (Å²) in [5, 5.41) is 22.1. The van der Waals surface area contributed by atoms with Crippen LogP contribution in [0.4, 0.5) is 0 Å². The summed E-state index contributed by atoms with van der Waals surface area (Å²) in [5.74, 6) is 0.0889. The Bertz CT molecular complexity index is 623. The lowest BCUT2D eigenvalue weighted by Crippen LogP contribution is -2.68. The summed E-state index contributed by atoms with van der Waals surface area (Å²) in [6, 6.07) is 0. The van der Waals surface area contributed by atoms with Gasteiger partial charge >= 0.3 is 0 Å². The third-order valence-electron chi connectivity index (χ3n) is 7.83. The number of hydrogen-bond acceptors (Lipinski definition) is 4. The largest absolute Gasteiger partial charge is 0.393 e. The Labute approximate surface area is 137 Å². The topological polar surface area (TPSA) is 74.6 Å². The molecule has 3 fully saturated rings. The monoisotopic (exact) mass is 318 g/mol. The first-order valence-corrected chi connectivity index (χ1v) is 8.91. The Morgan fingerprint density at radius 3 is 2.57 bits per heavy atom. The molecule has 3 saturated carbocycles. The molecule has 0 spiro atoms. The van der Waals surface area contributed by atoms with Gasteiger partial charge in [0.25, 0.3) is 0 Å². The van der Waals surface area contributed by atoms with Crippen LogP contribution in [0.5, 0.6) is 0 Å². The van der Waals surface area contributed by atoms with Gasteiger partial charge in [0.05, 0.1) is 6.10 Å². The van der Waals surface area contributed by atoms with Crippen LogP contribution in [-0.2, 0) is 9.59 Å². The quantitative estimate of drug-likeness (QED) is 0.718. The standard InChI is InChI=1S/C19H26O4/c1-17-10-16(22)19(23)14(13(17)5-6-15(17)21)4-3-11-9-12(20)7-8-18(11,19)2/h9,13-15,21,23H,3-8,10H2,1-2H3/t13-,14-,15-,17-,18-,19-/m0/s1. The van der Waals surface area contributed by atoms with Crippen molar-refractivity contribution in [2.24, 2.45) is 22.7 Å². The Morgan fingerprint density at radius 1 is 1.09 bits per heavy atom. The maximum Gasteiger partial charge on any atom is 0.166 e. The predicted octanol–water partition coefficient (Wildman–Crippen LogP) is 2.17. The van der Waals surface area contributed by atoms with Crippen LogP contribution in [-0.4, -0.2) is 33.5 Å². The van der Waals surface area contributed by atoms with E-state index in [0.717, 1.165) is 31.3 Å². The lowest BCUT2D eigenvalue weighted by atomic mass is 9.44. The van der Waals surface area contributed by atoms with Crippen molar-refractivity contribution < 1.29 is 19.8 Å². The minimum Gasteiger partial charge on any atom is -0.393 e. The van der Waals surface area contributed by atoms with Crippen LogP contribution >= 0.6 is 0 Å². The highest BCUT2D eigenvalue weighted by atomic mass is 16.3. The minimum absolute atomic E-state index is 0.0961. The molecule has 126 valence electrons. The summed E-state index contributed by atoms with van der Waals surface area (Å²) in [4.78, 5) is 24.9. The maximum absolute atomic E-state index is 13.1. The second-order valence-electron chi connectivity index (χ2n) is 8.68. The van der Waals surface area contributed by atoms with Crippen molar-refractivity contribution in [3.8, 4) is 0 Å². The fourth-order valence-electron chi connectivity index (χ4n) is 6.31. The molecular formula is C19H26O4. The summed E-state index contributed by atoms with van der Waals surface area (Å²) in [7, 11) is 0. The predicted molar refractivity (Wildman–Crippen MR) is 84.6 cm³/mol. The average molecular weight is 318 g/mol. The van der Waals surface area contributed by atoms with Crippen LogP contribution in [0.2, 0.25) is 0 Å². The zero-order chi connectivity index (χ0) is 16.6. The highest BCUT2D eigenvalue weighted by molar-refractivity contribution is 5.95. The van der Waals surface area contributed by atoms with Crippen LogP contribution < -0.4 is 0 Å². The molecule has 4 aliphatic carbocycles. The van der Waals surface area contributed by atoms with Gasteiger partial charge < -0.3 is 10.2 Å². The number of ketones is 2. The van der Waals surface area contributed by atoms with Crippen LogP contribution in [0, 0.1) is 22.7 Å². The van der Waals surface area contributed by atoms with Crippen molar-refractivity contribution in [1.29, 1.82) is 0 Å². The molecule has 4 rings (SSSR count). The Morgan fingerprint density at radius 2 is 1.83 bits per heavy atom. The van der Waals surface area contributed by atoms with E-state index in [1.165, 1.54) is 0 Å². The van der Waals surface area contributed by atoms with Crippen LogP contribution in [0.1, 0.15) is 58.8 Å². The normalized spacial score (nSPS) is 52.5. The van der Waals surface area contributed by atoms with Gasteiger partial charge in [-0.1, -0.05) is 19.4 Å². The van der Waals surface area contributed by atoms with Crippen LogP contribution in [0.25, 0.3) is 0 Å². The van der Waals surface area contributed by atoms with Gasteiger partial charge in [-0.05, 0) is 50.0 Å². The van der Waals surface area contributed by atoms with Gasteiger partial charge in [0, 0.05) is 23.7 Å². The number of carbonyl (C=O) groups excluding carboxylic acids is 2. The Kier molecular flexibility index (Phi) is 3.07. The Hall–Kier alpha value is -1.00. The van der Waals surface area contributed by atoms with Gasteiger partial charge in [0.15, 0.2) is 11.6 Å². The van der Waals surface area contributed by atoms with E-state index in [1.54, 1.807) is 6.08 Å². The molecule has 4 aliphatic rings. The highest BCUT2D eigenvalue weighted by Gasteiger charge is 2.69. The minimum atomic E-state index is -1.37. The summed E-state index contributed by atoms with van der Waals surface area (Å²) >= 11 is 0. The summed E-state index contributed by atoms with van der Waals surface area (Å²) in [6.07, 6.45) is 5.58. The highest BCUT2D eigenvalue weighted by Crippen LogP contribution is 2.65. The first-order valence-electron chi connectivity index (χ1n) is 8.91. The SMILES string of the molecule is C[C@]12CC(=O)[C@@]3(O)[C@@H](CCC4=CC(=O)CC[C@@]43C)[C@@H]1CC[C@@H]2O. The fraction of sp³-hybridized carbons (Fsp3) is 0.789. The van der Waals surface area contributed by atoms with Crippen molar-refractivity contribution in [2.75, 3.05) is 0 Å². The van der Waals surface area contributed by atoms with E-state index < -0.39 is 22.5 Å². The second kappa shape index (κ2) is 4.54. The third-order valence-corrected chi connectivity index (χ3v) is 7.83. The zero-order valence-electron chi connectivity index (χ0n) is 14.0. The molecule has 0 aromatic carbocycles.